The maximum Gasteiger partial charge on any atom is 0.272 e. The third-order valence-electron chi connectivity index (χ3n) is 5.73. The summed E-state index contributed by atoms with van der Waals surface area (Å²) in [4.78, 5) is 27.3. The first-order chi connectivity index (χ1) is 14.5. The molecule has 162 valence electrons. The molecule has 0 saturated carbocycles. The Balaban J connectivity index is 1.82. The number of halogens is 1. The van der Waals surface area contributed by atoms with Gasteiger partial charge in [-0.3, -0.25) is 14.3 Å². The molecule has 0 fully saturated rings. The van der Waals surface area contributed by atoms with E-state index in [1.54, 1.807) is 4.90 Å². The van der Waals surface area contributed by atoms with Crippen LogP contribution in [-0.2, 0) is 4.79 Å². The maximum atomic E-state index is 13.1. The summed E-state index contributed by atoms with van der Waals surface area (Å²) >= 11 is 6.01. The summed E-state index contributed by atoms with van der Waals surface area (Å²) in [5.74, 6) is 0.0493. The second-order valence-corrected chi connectivity index (χ2v) is 8.63. The molecule has 2 heterocycles. The highest BCUT2D eigenvalue weighted by atomic mass is 35.5. The molecule has 0 bridgehead atoms. The van der Waals surface area contributed by atoms with Crippen molar-refractivity contribution >= 4 is 23.3 Å². The van der Waals surface area contributed by atoms with Crippen LogP contribution >= 0.6 is 11.6 Å². The largest absolute Gasteiger partial charge is 0.328 e. The lowest BCUT2D eigenvalue weighted by Crippen LogP contribution is -2.45. The molecular formula is C24H32ClN3O2. The van der Waals surface area contributed by atoms with Crippen LogP contribution in [0.2, 0.25) is 5.02 Å². The number of carbonyl (C=O) groups is 2. The second kappa shape index (κ2) is 10.8. The van der Waals surface area contributed by atoms with Crippen molar-refractivity contribution in [3.05, 3.63) is 41.0 Å². The molecule has 1 atom stereocenters. The highest BCUT2D eigenvalue weighted by Gasteiger charge is 2.33. The van der Waals surface area contributed by atoms with Crippen molar-refractivity contribution in [1.82, 2.24) is 14.7 Å². The molecule has 0 radical (unpaired) electrons. The molecule has 1 unspecified atom stereocenters. The number of unbranched alkanes of at least 4 members (excludes halogenated alkanes) is 4. The fourth-order valence-electron chi connectivity index (χ4n) is 4.01. The van der Waals surface area contributed by atoms with Crippen molar-refractivity contribution in [2.45, 2.75) is 71.3 Å². The average molecular weight is 430 g/mol. The van der Waals surface area contributed by atoms with Gasteiger partial charge in [-0.15, -0.1) is 0 Å². The predicted molar refractivity (Wildman–Crippen MR) is 121 cm³/mol. The van der Waals surface area contributed by atoms with Gasteiger partial charge < -0.3 is 4.90 Å². The van der Waals surface area contributed by atoms with E-state index in [0.717, 1.165) is 56.2 Å². The Morgan fingerprint density at radius 1 is 1.10 bits per heavy atom. The van der Waals surface area contributed by atoms with Gasteiger partial charge in [-0.1, -0.05) is 69.7 Å². The first kappa shape index (κ1) is 22.5. The zero-order valence-corrected chi connectivity index (χ0v) is 18.8. The lowest BCUT2D eigenvalue weighted by atomic mass is 10.0. The van der Waals surface area contributed by atoms with Crippen LogP contribution in [0.1, 0.15) is 81.7 Å². The third kappa shape index (κ3) is 5.51. The number of ketones is 1. The topological polar surface area (TPSA) is 55.2 Å². The van der Waals surface area contributed by atoms with Crippen molar-refractivity contribution in [3.8, 4) is 11.3 Å². The zero-order valence-electron chi connectivity index (χ0n) is 18.1. The Morgan fingerprint density at radius 3 is 2.50 bits per heavy atom. The number of hydrogen-bond acceptors (Lipinski definition) is 3. The Kier molecular flexibility index (Phi) is 8.08. The van der Waals surface area contributed by atoms with Crippen LogP contribution in [-0.4, -0.2) is 39.5 Å². The summed E-state index contributed by atoms with van der Waals surface area (Å²) in [5, 5.41) is 5.45. The van der Waals surface area contributed by atoms with Gasteiger partial charge in [0, 0.05) is 23.6 Å². The van der Waals surface area contributed by atoms with E-state index >= 15 is 0 Å². The standard InChI is InChI=1S/C24H32ClN3O2/c1-3-5-7-9-20-16-27(17-21(29)10-8-6-4-2)24(30)23-15-22(26-28(20)23)18-11-13-19(25)14-12-18/h11-15,20H,3-10,16-17H2,1-2H3. The number of nitrogens with zero attached hydrogens (tertiary/aromatic N) is 3. The van der Waals surface area contributed by atoms with Gasteiger partial charge in [0.05, 0.1) is 18.3 Å². The maximum absolute atomic E-state index is 13.1. The monoisotopic (exact) mass is 429 g/mol. The van der Waals surface area contributed by atoms with Gasteiger partial charge in [0.2, 0.25) is 0 Å². The van der Waals surface area contributed by atoms with Crippen molar-refractivity contribution in [3.63, 3.8) is 0 Å². The quantitative estimate of drug-likeness (QED) is 0.416. The molecular weight excluding hydrogens is 398 g/mol. The summed E-state index contributed by atoms with van der Waals surface area (Å²) in [5.41, 5.74) is 2.28. The first-order valence-electron chi connectivity index (χ1n) is 11.2. The Bertz CT molecular complexity index is 860. The van der Waals surface area contributed by atoms with Gasteiger partial charge in [-0.25, -0.2) is 0 Å². The molecule has 0 saturated heterocycles. The lowest BCUT2D eigenvalue weighted by molar-refractivity contribution is -0.120. The summed E-state index contributed by atoms with van der Waals surface area (Å²) in [6, 6.07) is 9.46. The molecule has 1 amide bonds. The van der Waals surface area contributed by atoms with E-state index in [9.17, 15) is 9.59 Å². The minimum Gasteiger partial charge on any atom is -0.328 e. The van der Waals surface area contributed by atoms with Crippen LogP contribution in [0.25, 0.3) is 11.3 Å². The van der Waals surface area contributed by atoms with E-state index in [0.29, 0.717) is 23.7 Å². The van der Waals surface area contributed by atoms with E-state index in [2.05, 4.69) is 13.8 Å². The van der Waals surface area contributed by atoms with Crippen LogP contribution in [0.4, 0.5) is 0 Å². The van der Waals surface area contributed by atoms with Gasteiger partial charge in [0.15, 0.2) is 5.78 Å². The number of hydrogen-bond donors (Lipinski definition) is 0. The molecule has 0 aliphatic carbocycles. The van der Waals surface area contributed by atoms with Crippen LogP contribution in [0, 0.1) is 0 Å². The number of aromatic nitrogens is 2. The minimum atomic E-state index is -0.0988. The summed E-state index contributed by atoms with van der Waals surface area (Å²) in [6.45, 7) is 5.06. The van der Waals surface area contributed by atoms with E-state index < -0.39 is 0 Å². The fraction of sp³-hybridized carbons (Fsp3) is 0.542. The number of Topliss-reactive ketones (excluding diaryl/α,β-unsaturated/α-hetero) is 1. The Morgan fingerprint density at radius 2 is 1.80 bits per heavy atom. The van der Waals surface area contributed by atoms with E-state index in [-0.39, 0.29) is 24.3 Å². The van der Waals surface area contributed by atoms with E-state index in [1.807, 2.05) is 35.0 Å². The molecule has 2 aromatic rings. The molecule has 0 N–H and O–H groups in total. The molecule has 30 heavy (non-hydrogen) atoms. The first-order valence-corrected chi connectivity index (χ1v) is 11.6. The molecule has 3 rings (SSSR count). The number of rotatable bonds is 11. The average Bonchev–Trinajstić information content (AvgIpc) is 3.18. The smallest absolute Gasteiger partial charge is 0.272 e. The Labute approximate surface area is 184 Å². The zero-order chi connectivity index (χ0) is 21.5. The molecule has 1 aromatic carbocycles. The highest BCUT2D eigenvalue weighted by Crippen LogP contribution is 2.30. The van der Waals surface area contributed by atoms with Crippen molar-refractivity contribution in [1.29, 1.82) is 0 Å². The van der Waals surface area contributed by atoms with E-state index in [4.69, 9.17) is 16.7 Å². The molecule has 0 spiro atoms. The van der Waals surface area contributed by atoms with Crippen LogP contribution in [0.3, 0.4) is 0 Å². The second-order valence-electron chi connectivity index (χ2n) is 8.20. The van der Waals surface area contributed by atoms with Crippen LogP contribution < -0.4 is 0 Å². The van der Waals surface area contributed by atoms with Crippen molar-refractivity contribution < 1.29 is 9.59 Å². The number of amides is 1. The third-order valence-corrected chi connectivity index (χ3v) is 5.98. The van der Waals surface area contributed by atoms with Crippen molar-refractivity contribution in [2.75, 3.05) is 13.1 Å². The SMILES string of the molecule is CCCCCC(=O)CN1CC(CCCCC)n2nc(-c3ccc(Cl)cc3)cc2C1=O. The number of fused-ring (bicyclic) bond motifs is 1. The van der Waals surface area contributed by atoms with Gasteiger partial charge >= 0.3 is 0 Å². The van der Waals surface area contributed by atoms with Crippen LogP contribution in [0.5, 0.6) is 0 Å². The van der Waals surface area contributed by atoms with E-state index in [1.165, 1.54) is 0 Å². The predicted octanol–water partition coefficient (Wildman–Crippen LogP) is 5.93. The van der Waals surface area contributed by atoms with Gasteiger partial charge in [-0.05, 0) is 31.0 Å². The Hall–Kier alpha value is -2.14. The molecule has 1 aliphatic rings. The summed E-state index contributed by atoms with van der Waals surface area (Å²) in [7, 11) is 0. The van der Waals surface area contributed by atoms with Gasteiger partial charge in [0.1, 0.15) is 5.69 Å². The number of carbonyl (C=O) groups excluding carboxylic acids is 2. The fourth-order valence-corrected chi connectivity index (χ4v) is 4.14. The normalized spacial score (nSPS) is 16.0. The molecule has 6 heteroatoms. The lowest BCUT2D eigenvalue weighted by Gasteiger charge is -2.33. The van der Waals surface area contributed by atoms with Crippen molar-refractivity contribution in [2.24, 2.45) is 0 Å². The highest BCUT2D eigenvalue weighted by molar-refractivity contribution is 6.30. The number of benzene rings is 1. The summed E-state index contributed by atoms with van der Waals surface area (Å²) in [6.07, 6.45) is 7.93. The summed E-state index contributed by atoms with van der Waals surface area (Å²) < 4.78 is 1.89. The molecule has 5 nitrogen and oxygen atoms in total. The minimum absolute atomic E-state index is 0.0988. The van der Waals surface area contributed by atoms with Gasteiger partial charge in [-0.2, -0.15) is 5.10 Å². The molecule has 1 aromatic heterocycles. The van der Waals surface area contributed by atoms with Gasteiger partial charge in [0.25, 0.3) is 5.91 Å². The van der Waals surface area contributed by atoms with Crippen LogP contribution in [0.15, 0.2) is 30.3 Å². The molecule has 1 aliphatic heterocycles.